The van der Waals surface area contributed by atoms with Gasteiger partial charge in [-0.3, -0.25) is 19.8 Å². The molecule has 4 rings (SSSR count). The third-order valence-electron chi connectivity index (χ3n) is 4.86. The summed E-state index contributed by atoms with van der Waals surface area (Å²) in [6.07, 6.45) is 1.56. The summed E-state index contributed by atoms with van der Waals surface area (Å²) < 4.78 is 2.06. The predicted octanol–water partition coefficient (Wildman–Crippen LogP) is 3.82. The van der Waals surface area contributed by atoms with Gasteiger partial charge in [-0.25, -0.2) is 4.79 Å². The number of rotatable bonds is 4. The average Bonchev–Trinajstić information content (AvgIpc) is 3.30. The number of hydrogen-bond acceptors (Lipinski definition) is 4. The molecular formula is C22H19N3O3S. The van der Waals surface area contributed by atoms with E-state index in [0.717, 1.165) is 32.4 Å². The highest BCUT2D eigenvalue weighted by Crippen LogP contribution is 2.25. The van der Waals surface area contributed by atoms with Gasteiger partial charge in [0.15, 0.2) is 0 Å². The van der Waals surface area contributed by atoms with Crippen LogP contribution in [0.25, 0.3) is 11.8 Å². The lowest BCUT2D eigenvalue weighted by molar-refractivity contribution is -0.130. The van der Waals surface area contributed by atoms with E-state index in [9.17, 15) is 14.4 Å². The van der Waals surface area contributed by atoms with Gasteiger partial charge in [0.1, 0.15) is 5.57 Å². The summed E-state index contributed by atoms with van der Waals surface area (Å²) in [5, 5.41) is 4.15. The van der Waals surface area contributed by atoms with Crippen LogP contribution in [0.2, 0.25) is 0 Å². The third-order valence-corrected chi connectivity index (χ3v) is 5.73. The molecule has 1 saturated heterocycles. The number of para-hydroxylation sites is 1. The van der Waals surface area contributed by atoms with Crippen LogP contribution in [-0.2, 0) is 16.1 Å². The molecule has 2 aromatic heterocycles. The lowest BCUT2D eigenvalue weighted by atomic mass is 10.1. The number of nitrogens with one attached hydrogen (secondary N) is 1. The zero-order valence-electron chi connectivity index (χ0n) is 16.0. The van der Waals surface area contributed by atoms with Gasteiger partial charge in [-0.15, -0.1) is 11.3 Å². The number of carbonyl (C=O) groups is 3. The van der Waals surface area contributed by atoms with Crippen LogP contribution < -0.4 is 5.32 Å². The van der Waals surface area contributed by atoms with E-state index in [1.807, 2.05) is 67.8 Å². The lowest BCUT2D eigenvalue weighted by Crippen LogP contribution is -2.53. The van der Waals surface area contributed by atoms with Gasteiger partial charge in [0, 0.05) is 22.0 Å². The highest BCUT2D eigenvalue weighted by atomic mass is 32.1. The molecule has 7 heteroatoms. The van der Waals surface area contributed by atoms with Crippen LogP contribution in [0.1, 0.15) is 21.8 Å². The summed E-state index contributed by atoms with van der Waals surface area (Å²) in [6, 6.07) is 14.8. The molecule has 0 radical (unpaired) electrons. The van der Waals surface area contributed by atoms with E-state index in [4.69, 9.17) is 0 Å². The Balaban J connectivity index is 1.71. The summed E-state index contributed by atoms with van der Waals surface area (Å²) in [7, 11) is 0. The van der Waals surface area contributed by atoms with Gasteiger partial charge in [0.25, 0.3) is 11.8 Å². The molecule has 3 heterocycles. The van der Waals surface area contributed by atoms with E-state index >= 15 is 0 Å². The number of barbiturate groups is 1. The summed E-state index contributed by atoms with van der Waals surface area (Å²) in [5.41, 5.74) is 3.60. The summed E-state index contributed by atoms with van der Waals surface area (Å²) in [5.74, 6) is -1.26. The number of thiophene rings is 1. The maximum absolute atomic E-state index is 12.9. The maximum atomic E-state index is 12.9. The Bertz CT molecular complexity index is 1130. The first-order valence-electron chi connectivity index (χ1n) is 9.11. The average molecular weight is 405 g/mol. The summed E-state index contributed by atoms with van der Waals surface area (Å²) >= 11 is 1.45. The summed E-state index contributed by atoms with van der Waals surface area (Å²) in [4.78, 5) is 39.4. The van der Waals surface area contributed by atoms with Crippen LogP contribution in [-0.4, -0.2) is 27.3 Å². The molecule has 0 aliphatic carbocycles. The molecule has 146 valence electrons. The second kappa shape index (κ2) is 7.52. The first-order valence-corrected chi connectivity index (χ1v) is 9.99. The SMILES string of the molecule is Cc1cc(/C=C2\C(=O)NC(=O)N(Cc3cccs3)C2=O)c(C)n1-c1ccccc1. The van der Waals surface area contributed by atoms with E-state index in [1.165, 1.54) is 11.3 Å². The number of hydrogen-bond donors (Lipinski definition) is 1. The number of aromatic nitrogens is 1. The number of aryl methyl sites for hydroxylation is 1. The van der Waals surface area contributed by atoms with Crippen molar-refractivity contribution in [3.8, 4) is 5.69 Å². The molecule has 6 nitrogen and oxygen atoms in total. The molecule has 0 bridgehead atoms. The Morgan fingerprint density at radius 2 is 1.79 bits per heavy atom. The zero-order chi connectivity index (χ0) is 20.5. The quantitative estimate of drug-likeness (QED) is 0.530. The maximum Gasteiger partial charge on any atom is 0.331 e. The van der Waals surface area contributed by atoms with E-state index in [-0.39, 0.29) is 12.1 Å². The second-order valence-corrected chi connectivity index (χ2v) is 7.82. The number of benzene rings is 1. The smallest absolute Gasteiger partial charge is 0.318 e. The molecule has 29 heavy (non-hydrogen) atoms. The molecule has 1 aliphatic rings. The fourth-order valence-electron chi connectivity index (χ4n) is 3.46. The van der Waals surface area contributed by atoms with Gasteiger partial charge in [-0.05, 0) is 55.1 Å². The van der Waals surface area contributed by atoms with Crippen molar-refractivity contribution in [1.29, 1.82) is 0 Å². The van der Waals surface area contributed by atoms with Gasteiger partial charge in [-0.1, -0.05) is 24.3 Å². The van der Waals surface area contributed by atoms with Crippen molar-refractivity contribution in [3.63, 3.8) is 0 Å². The zero-order valence-corrected chi connectivity index (χ0v) is 16.8. The molecule has 1 aliphatic heterocycles. The van der Waals surface area contributed by atoms with Crippen LogP contribution in [0.5, 0.6) is 0 Å². The largest absolute Gasteiger partial charge is 0.331 e. The fourth-order valence-corrected chi connectivity index (χ4v) is 4.15. The minimum absolute atomic E-state index is 0.0468. The van der Waals surface area contributed by atoms with Crippen molar-refractivity contribution in [2.45, 2.75) is 20.4 Å². The first kappa shape index (κ1) is 18.9. The van der Waals surface area contributed by atoms with Crippen molar-refractivity contribution in [3.05, 3.63) is 81.3 Å². The number of carbonyl (C=O) groups excluding carboxylic acids is 3. The van der Waals surface area contributed by atoms with Crippen molar-refractivity contribution in [2.75, 3.05) is 0 Å². The number of imide groups is 2. The van der Waals surface area contributed by atoms with Crippen molar-refractivity contribution >= 4 is 35.3 Å². The molecule has 4 amide bonds. The monoisotopic (exact) mass is 405 g/mol. The Kier molecular flexibility index (Phi) is 4.90. The van der Waals surface area contributed by atoms with Gasteiger partial charge in [0.2, 0.25) is 0 Å². The molecule has 0 unspecified atom stereocenters. The van der Waals surface area contributed by atoms with Crippen LogP contribution in [0.4, 0.5) is 4.79 Å². The highest BCUT2D eigenvalue weighted by molar-refractivity contribution is 7.09. The molecule has 0 spiro atoms. The molecule has 0 atom stereocenters. The number of nitrogens with zero attached hydrogens (tertiary/aromatic N) is 2. The van der Waals surface area contributed by atoms with Gasteiger partial charge in [-0.2, -0.15) is 0 Å². The van der Waals surface area contributed by atoms with Gasteiger partial charge in [0.05, 0.1) is 6.54 Å². The van der Waals surface area contributed by atoms with E-state index in [2.05, 4.69) is 9.88 Å². The predicted molar refractivity (Wildman–Crippen MR) is 112 cm³/mol. The Labute approximate surface area is 172 Å². The normalized spacial score (nSPS) is 15.9. The number of urea groups is 1. The van der Waals surface area contributed by atoms with E-state index < -0.39 is 17.8 Å². The van der Waals surface area contributed by atoms with Crippen LogP contribution >= 0.6 is 11.3 Å². The molecule has 1 fully saturated rings. The fraction of sp³-hybridized carbons (Fsp3) is 0.136. The molecule has 0 saturated carbocycles. The van der Waals surface area contributed by atoms with Crippen LogP contribution in [0.15, 0.2) is 59.5 Å². The Hall–Kier alpha value is -3.45. The molecular weight excluding hydrogens is 386 g/mol. The second-order valence-electron chi connectivity index (χ2n) is 6.79. The highest BCUT2D eigenvalue weighted by Gasteiger charge is 2.36. The topological polar surface area (TPSA) is 71.4 Å². The van der Waals surface area contributed by atoms with Crippen molar-refractivity contribution < 1.29 is 14.4 Å². The minimum Gasteiger partial charge on any atom is -0.318 e. The van der Waals surface area contributed by atoms with Gasteiger partial charge >= 0.3 is 6.03 Å². The van der Waals surface area contributed by atoms with E-state index in [0.29, 0.717) is 0 Å². The third kappa shape index (κ3) is 3.52. The van der Waals surface area contributed by atoms with E-state index in [1.54, 1.807) is 6.08 Å². The van der Waals surface area contributed by atoms with Crippen molar-refractivity contribution in [2.24, 2.45) is 0 Å². The van der Waals surface area contributed by atoms with Crippen LogP contribution in [0.3, 0.4) is 0 Å². The molecule has 3 aromatic rings. The van der Waals surface area contributed by atoms with Gasteiger partial charge < -0.3 is 4.57 Å². The molecule has 1 N–H and O–H groups in total. The van der Waals surface area contributed by atoms with Crippen molar-refractivity contribution in [1.82, 2.24) is 14.8 Å². The Morgan fingerprint density at radius 1 is 1.03 bits per heavy atom. The molecule has 1 aromatic carbocycles. The minimum atomic E-state index is -0.694. The first-order chi connectivity index (χ1) is 14.0. The summed E-state index contributed by atoms with van der Waals surface area (Å²) in [6.45, 7) is 4.04. The number of amides is 4. The Morgan fingerprint density at radius 3 is 2.48 bits per heavy atom. The standard InChI is InChI=1S/C22H19N3O3S/c1-14-11-16(15(2)25(14)17-7-4-3-5-8-17)12-19-20(26)23-22(28)24(21(19)27)13-18-9-6-10-29-18/h3-12H,13H2,1-2H3,(H,23,26,28)/b19-12+. The van der Waals surface area contributed by atoms with Crippen LogP contribution in [0, 0.1) is 13.8 Å². The lowest BCUT2D eigenvalue weighted by Gasteiger charge is -2.25.